The number of Topliss-reactive ketones (excluding diaryl/α,β-unsaturated/α-hetero) is 1. The van der Waals surface area contributed by atoms with E-state index in [0.29, 0.717) is 23.8 Å². The predicted molar refractivity (Wildman–Crippen MR) is 192 cm³/mol. The van der Waals surface area contributed by atoms with Crippen LogP contribution in [-0.2, 0) is 19.1 Å². The topological polar surface area (TPSA) is 123 Å². The maximum atomic E-state index is 14.0. The summed E-state index contributed by atoms with van der Waals surface area (Å²) >= 11 is 0. The van der Waals surface area contributed by atoms with Crippen molar-refractivity contribution in [1.82, 2.24) is 10.3 Å². The van der Waals surface area contributed by atoms with Gasteiger partial charge in [0.05, 0.1) is 17.4 Å². The van der Waals surface area contributed by atoms with E-state index in [4.69, 9.17) is 4.74 Å². The van der Waals surface area contributed by atoms with Gasteiger partial charge in [0.15, 0.2) is 0 Å². The number of rotatable bonds is 7. The summed E-state index contributed by atoms with van der Waals surface area (Å²) in [5.41, 5.74) is 1.90. The van der Waals surface area contributed by atoms with E-state index in [1.165, 1.54) is 11.1 Å². The molecule has 1 aromatic heterocycles. The maximum Gasteiger partial charge on any atom is 0.309 e. The Hall–Kier alpha value is -3.03. The first-order chi connectivity index (χ1) is 23.1. The van der Waals surface area contributed by atoms with Crippen molar-refractivity contribution >= 4 is 23.6 Å². The van der Waals surface area contributed by atoms with E-state index >= 15 is 0 Å². The third kappa shape index (κ3) is 5.39. The quantitative estimate of drug-likeness (QED) is 0.218. The third-order valence-corrected chi connectivity index (χ3v) is 15.2. The first-order valence-corrected chi connectivity index (χ1v) is 19.1. The molecule has 4 saturated carbocycles. The highest BCUT2D eigenvalue weighted by Crippen LogP contribution is 2.75. The van der Waals surface area contributed by atoms with Crippen molar-refractivity contribution in [3.8, 4) is 0 Å². The number of nitrogens with zero attached hydrogens (tertiary/aromatic N) is 1. The van der Waals surface area contributed by atoms with E-state index in [2.05, 4.69) is 58.8 Å². The number of nitrogens with one attached hydrogen (secondary N) is 1. The largest absolute Gasteiger partial charge is 0.481 e. The van der Waals surface area contributed by atoms with Gasteiger partial charge in [0.2, 0.25) is 0 Å². The monoisotopic (exact) mass is 688 g/mol. The Kier molecular flexibility index (Phi) is 8.83. The van der Waals surface area contributed by atoms with Crippen LogP contribution >= 0.6 is 0 Å². The molecule has 1 heterocycles. The molecule has 5 aliphatic carbocycles. The number of ether oxygens (including phenoxy) is 1. The number of esters is 1. The molecule has 0 bridgehead atoms. The summed E-state index contributed by atoms with van der Waals surface area (Å²) in [6, 6.07) is 3.58. The van der Waals surface area contributed by atoms with Gasteiger partial charge in [0.25, 0.3) is 5.91 Å². The number of amides is 1. The molecule has 2 N–H and O–H groups in total. The number of aliphatic carboxylic acids is 1. The number of allylic oxidation sites excluding steroid dienone is 1. The molecule has 8 heteroatoms. The van der Waals surface area contributed by atoms with Gasteiger partial charge >= 0.3 is 11.9 Å². The van der Waals surface area contributed by atoms with Crippen molar-refractivity contribution in [2.75, 3.05) is 0 Å². The average molecular weight is 689 g/mol. The second-order valence-corrected chi connectivity index (χ2v) is 19.1. The maximum absolute atomic E-state index is 14.0. The number of hydrogen-bond acceptors (Lipinski definition) is 6. The number of carboxylic acids is 1. The molecule has 8 atom stereocenters. The molecule has 0 spiro atoms. The number of aryl methyl sites for hydroxylation is 1. The van der Waals surface area contributed by atoms with Crippen LogP contribution in [-0.4, -0.2) is 45.4 Å². The highest BCUT2D eigenvalue weighted by Gasteiger charge is 2.69. The van der Waals surface area contributed by atoms with Gasteiger partial charge in [-0.1, -0.05) is 54.0 Å². The van der Waals surface area contributed by atoms with Gasteiger partial charge in [-0.2, -0.15) is 0 Å². The van der Waals surface area contributed by atoms with Gasteiger partial charge < -0.3 is 15.2 Å². The van der Waals surface area contributed by atoms with E-state index in [1.807, 2.05) is 13.0 Å². The summed E-state index contributed by atoms with van der Waals surface area (Å²) in [6.07, 6.45) is 9.10. The number of fused-ring (bicyclic) bond motifs is 6. The Bertz CT molecular complexity index is 1640. The molecule has 50 heavy (non-hydrogen) atoms. The Morgan fingerprint density at radius 1 is 1.02 bits per heavy atom. The molecule has 4 fully saturated rings. The van der Waals surface area contributed by atoms with Crippen molar-refractivity contribution in [3.05, 3.63) is 40.7 Å². The number of aromatic nitrogens is 1. The first-order valence-electron chi connectivity index (χ1n) is 19.1. The highest BCUT2D eigenvalue weighted by atomic mass is 16.5. The molecule has 274 valence electrons. The Balaban J connectivity index is 1.33. The van der Waals surface area contributed by atoms with E-state index in [1.54, 1.807) is 26.1 Å². The first kappa shape index (κ1) is 36.8. The minimum Gasteiger partial charge on any atom is -0.481 e. The molecule has 0 aromatic carbocycles. The molecule has 1 unspecified atom stereocenters. The lowest BCUT2D eigenvalue weighted by molar-refractivity contribution is -0.214. The lowest BCUT2D eigenvalue weighted by Gasteiger charge is -2.70. The zero-order valence-electron chi connectivity index (χ0n) is 32.1. The normalized spacial score (nSPS) is 37.7. The lowest BCUT2D eigenvalue weighted by atomic mass is 9.34. The van der Waals surface area contributed by atoms with E-state index in [9.17, 15) is 24.3 Å². The smallest absolute Gasteiger partial charge is 0.309 e. The van der Waals surface area contributed by atoms with Crippen molar-refractivity contribution in [2.24, 2.45) is 50.7 Å². The predicted octanol–water partition coefficient (Wildman–Crippen LogP) is 8.27. The lowest BCUT2D eigenvalue weighted by Crippen LogP contribution is -2.65. The summed E-state index contributed by atoms with van der Waals surface area (Å²) < 4.78 is 6.15. The fraction of sp³-hybridized carbons (Fsp3) is 0.738. The van der Waals surface area contributed by atoms with Gasteiger partial charge in [0.1, 0.15) is 11.9 Å². The minimum atomic E-state index is -1.17. The van der Waals surface area contributed by atoms with E-state index in [-0.39, 0.29) is 57.7 Å². The Labute approximate surface area is 299 Å². The molecule has 1 amide bonds. The number of carbonyl (C=O) groups excluding carboxylic acids is 3. The standard InChI is InChI=1S/C42H60N2O6/c1-24(2)33-28(45)22-42(44-35(47)26-15-20-43-25(3)21-26)19-18-40(9)27(34(33)42)11-12-30-39(8)16-14-31(50-32(46)23-37(4,5)36(48)49)38(6,7)29(39)13-17-41(30,40)10/h15,20-21,24,29-31,33H,11-14,16-19,22-23H2,1-10H3,(H,44,47)(H,48,49)/t29-,30+,31-,33?,39-,40+,41+,42+/m0/s1. The second kappa shape index (κ2) is 12.0. The SMILES string of the molecule is Cc1cc(C(=O)N[C@@]23CC[C@]4(C)C(=C2C(C(C)C)C(=O)C3)CC[C@@H]2[C@@]3(C)CC[C@H](OC(=O)CC(C)(C)C(=O)O)C(C)(C)[C@@H]3CC[C@]24C)ccn1. The number of ketones is 1. The molecule has 0 aliphatic heterocycles. The van der Waals surface area contributed by atoms with Crippen molar-refractivity contribution < 1.29 is 29.0 Å². The molecule has 8 nitrogen and oxygen atoms in total. The van der Waals surface area contributed by atoms with Gasteiger partial charge in [-0.3, -0.25) is 24.2 Å². The molecule has 1 aromatic rings. The number of carbonyl (C=O) groups is 4. The van der Waals surface area contributed by atoms with Crippen molar-refractivity contribution in [1.29, 1.82) is 0 Å². The molecular formula is C42H60N2O6. The number of hydrogen-bond donors (Lipinski definition) is 2. The highest BCUT2D eigenvalue weighted by molar-refractivity contribution is 5.98. The van der Waals surface area contributed by atoms with Crippen LogP contribution in [0.4, 0.5) is 0 Å². The number of pyridine rings is 1. The van der Waals surface area contributed by atoms with Crippen LogP contribution in [0.3, 0.4) is 0 Å². The summed E-state index contributed by atoms with van der Waals surface area (Å²) in [7, 11) is 0. The van der Waals surface area contributed by atoms with Gasteiger partial charge in [-0.05, 0) is 124 Å². The van der Waals surface area contributed by atoms with Crippen LogP contribution in [0, 0.1) is 57.7 Å². The zero-order valence-corrected chi connectivity index (χ0v) is 32.1. The Morgan fingerprint density at radius 2 is 1.72 bits per heavy atom. The second-order valence-electron chi connectivity index (χ2n) is 19.1. The molecule has 6 rings (SSSR count). The van der Waals surface area contributed by atoms with E-state index < -0.39 is 22.9 Å². The summed E-state index contributed by atoms with van der Waals surface area (Å²) in [5, 5.41) is 13.1. The Morgan fingerprint density at radius 3 is 2.36 bits per heavy atom. The average Bonchev–Trinajstić information content (AvgIpc) is 3.30. The summed E-state index contributed by atoms with van der Waals surface area (Å²) in [4.78, 5) is 56.9. The molecule has 5 aliphatic rings. The minimum absolute atomic E-state index is 0.00941. The molecule has 0 saturated heterocycles. The van der Waals surface area contributed by atoms with Crippen molar-refractivity contribution in [3.63, 3.8) is 0 Å². The van der Waals surface area contributed by atoms with Crippen LogP contribution in [0.1, 0.15) is 143 Å². The van der Waals surface area contributed by atoms with Gasteiger partial charge in [-0.15, -0.1) is 0 Å². The van der Waals surface area contributed by atoms with Crippen LogP contribution in [0.15, 0.2) is 29.5 Å². The van der Waals surface area contributed by atoms with E-state index in [0.717, 1.165) is 57.1 Å². The number of carboxylic acid groups (broad SMARTS) is 1. The van der Waals surface area contributed by atoms with Gasteiger partial charge in [-0.25, -0.2) is 0 Å². The summed E-state index contributed by atoms with van der Waals surface area (Å²) in [5.74, 6) is -0.531. The van der Waals surface area contributed by atoms with Crippen LogP contribution in [0.5, 0.6) is 0 Å². The fourth-order valence-electron chi connectivity index (χ4n) is 12.4. The molecule has 0 radical (unpaired) electrons. The van der Waals surface area contributed by atoms with Crippen LogP contribution < -0.4 is 5.32 Å². The fourth-order valence-corrected chi connectivity index (χ4v) is 12.4. The molecular weight excluding hydrogens is 628 g/mol. The van der Waals surface area contributed by atoms with Gasteiger partial charge in [0, 0.05) is 35.2 Å². The van der Waals surface area contributed by atoms with Crippen LogP contribution in [0.25, 0.3) is 0 Å². The third-order valence-electron chi connectivity index (χ3n) is 15.2. The summed E-state index contributed by atoms with van der Waals surface area (Å²) in [6.45, 7) is 21.4. The van der Waals surface area contributed by atoms with Crippen LogP contribution in [0.2, 0.25) is 0 Å². The van der Waals surface area contributed by atoms with Crippen molar-refractivity contribution in [2.45, 2.75) is 145 Å². The zero-order chi connectivity index (χ0) is 36.8.